The summed E-state index contributed by atoms with van der Waals surface area (Å²) in [6.07, 6.45) is -0.0501. The van der Waals surface area contributed by atoms with E-state index in [-0.39, 0.29) is 12.3 Å². The zero-order valence-electron chi connectivity index (χ0n) is 13.7. The number of rotatable bonds is 6. The minimum absolute atomic E-state index is 0.234. The average molecular weight is 346 g/mol. The smallest absolute Gasteiger partial charge is 0.306 e. The molecule has 0 heterocycles. The van der Waals surface area contributed by atoms with E-state index in [0.717, 1.165) is 11.1 Å². The molecule has 0 aromatic heterocycles. The maximum absolute atomic E-state index is 12.2. The summed E-state index contributed by atoms with van der Waals surface area (Å²) in [7, 11) is 0. The third-order valence-corrected chi connectivity index (χ3v) is 4.07. The number of nitrogens with one attached hydrogen (secondary N) is 1. The molecule has 2 rings (SSSR count). The van der Waals surface area contributed by atoms with Crippen LogP contribution < -0.4 is 5.32 Å². The highest BCUT2D eigenvalue weighted by Crippen LogP contribution is 2.23. The summed E-state index contributed by atoms with van der Waals surface area (Å²) >= 11 is 6.02. The summed E-state index contributed by atoms with van der Waals surface area (Å²) in [6.45, 7) is 3.37. The maximum Gasteiger partial charge on any atom is 0.306 e. The quantitative estimate of drug-likeness (QED) is 0.800. The lowest BCUT2D eigenvalue weighted by Crippen LogP contribution is -2.30. The second-order valence-corrected chi connectivity index (χ2v) is 5.93. The normalized spacial score (nSPS) is 11.6. The Morgan fingerprint density at radius 1 is 1.12 bits per heavy atom. The third kappa shape index (κ3) is 5.10. The predicted molar refractivity (Wildman–Crippen MR) is 95.1 cm³/mol. The molecule has 1 atom stereocenters. The van der Waals surface area contributed by atoms with Crippen molar-refractivity contribution in [2.45, 2.75) is 32.8 Å². The molecule has 24 heavy (non-hydrogen) atoms. The van der Waals surface area contributed by atoms with E-state index in [1.54, 1.807) is 25.1 Å². The first-order chi connectivity index (χ1) is 11.5. The number of ether oxygens (including phenoxy) is 1. The average Bonchev–Trinajstić information content (AvgIpc) is 2.58. The first kappa shape index (κ1) is 18.0. The highest BCUT2D eigenvalue weighted by atomic mass is 35.5. The molecule has 0 saturated carbocycles. The van der Waals surface area contributed by atoms with Gasteiger partial charge in [-0.3, -0.25) is 9.59 Å². The molecule has 2 aromatic carbocycles. The number of carbonyl (C=O) groups excluding carboxylic acids is 2. The Bertz CT molecular complexity index is 716. The van der Waals surface area contributed by atoms with Gasteiger partial charge in [0.1, 0.15) is 0 Å². The van der Waals surface area contributed by atoms with Gasteiger partial charge in [-0.15, -0.1) is 0 Å². The summed E-state index contributed by atoms with van der Waals surface area (Å²) < 4.78 is 5.19. The number of hydrogen-bond acceptors (Lipinski definition) is 3. The first-order valence-corrected chi connectivity index (χ1v) is 8.14. The van der Waals surface area contributed by atoms with Crippen LogP contribution in [-0.4, -0.2) is 18.0 Å². The van der Waals surface area contributed by atoms with Crippen LogP contribution in [0.5, 0.6) is 0 Å². The van der Waals surface area contributed by atoms with Crippen molar-refractivity contribution < 1.29 is 14.3 Å². The molecule has 126 valence electrons. The summed E-state index contributed by atoms with van der Waals surface area (Å²) in [6, 6.07) is 14.9. The van der Waals surface area contributed by atoms with Gasteiger partial charge in [0.25, 0.3) is 5.91 Å². The fourth-order valence-electron chi connectivity index (χ4n) is 2.18. The Labute approximate surface area is 146 Å². The van der Waals surface area contributed by atoms with Gasteiger partial charge in [-0.2, -0.15) is 0 Å². The molecule has 0 aliphatic rings. The van der Waals surface area contributed by atoms with E-state index >= 15 is 0 Å². The number of aryl methyl sites for hydroxylation is 1. The Hall–Kier alpha value is -2.33. The molecule has 0 bridgehead atoms. The van der Waals surface area contributed by atoms with Crippen molar-refractivity contribution in [3.8, 4) is 0 Å². The van der Waals surface area contributed by atoms with E-state index in [9.17, 15) is 9.59 Å². The number of esters is 1. The molecular weight excluding hydrogens is 326 g/mol. The van der Waals surface area contributed by atoms with Gasteiger partial charge in [-0.25, -0.2) is 0 Å². The van der Waals surface area contributed by atoms with E-state index in [1.807, 2.05) is 37.3 Å². The van der Waals surface area contributed by atoms with Gasteiger partial charge < -0.3 is 10.1 Å². The second kappa shape index (κ2) is 8.50. The Kier molecular flexibility index (Phi) is 6.38. The first-order valence-electron chi connectivity index (χ1n) is 7.76. The third-order valence-electron chi connectivity index (χ3n) is 3.66. The largest absolute Gasteiger partial charge is 0.453 e. The van der Waals surface area contributed by atoms with Gasteiger partial charge in [-0.1, -0.05) is 48.0 Å². The van der Waals surface area contributed by atoms with Crippen LogP contribution in [0.25, 0.3) is 0 Å². The van der Waals surface area contributed by atoms with Crippen molar-refractivity contribution in [1.29, 1.82) is 0 Å². The number of hydrogen-bond donors (Lipinski definition) is 1. The summed E-state index contributed by atoms with van der Waals surface area (Å²) in [5, 5.41) is 3.30. The van der Waals surface area contributed by atoms with Crippen LogP contribution in [0.2, 0.25) is 5.02 Å². The molecule has 0 fully saturated rings. The van der Waals surface area contributed by atoms with Crippen LogP contribution in [0, 0.1) is 6.92 Å². The molecule has 1 unspecified atom stereocenters. The second-order valence-electron chi connectivity index (χ2n) is 5.52. The van der Waals surface area contributed by atoms with Crippen molar-refractivity contribution in [2.24, 2.45) is 0 Å². The maximum atomic E-state index is 12.2. The number of benzene rings is 2. The van der Waals surface area contributed by atoms with Gasteiger partial charge >= 0.3 is 5.97 Å². The lowest BCUT2D eigenvalue weighted by Gasteiger charge is -2.15. The number of amides is 1. The Balaban J connectivity index is 1.84. The van der Waals surface area contributed by atoms with Crippen molar-refractivity contribution in [2.75, 3.05) is 5.32 Å². The molecule has 1 amide bonds. The van der Waals surface area contributed by atoms with Crippen LogP contribution in [-0.2, 0) is 20.7 Å². The SMILES string of the molecule is Cc1c(Cl)cccc1NC(=O)C(C)OC(=O)CCc1ccccc1. The van der Waals surface area contributed by atoms with Gasteiger partial charge in [0, 0.05) is 17.1 Å². The number of carbonyl (C=O) groups is 2. The molecule has 4 nitrogen and oxygen atoms in total. The van der Waals surface area contributed by atoms with E-state index in [4.69, 9.17) is 16.3 Å². The highest BCUT2D eigenvalue weighted by Gasteiger charge is 2.18. The standard InChI is InChI=1S/C19H20ClNO3/c1-13-16(20)9-6-10-17(13)21-19(23)14(2)24-18(22)12-11-15-7-4-3-5-8-15/h3-10,14H,11-12H2,1-2H3,(H,21,23). The number of anilines is 1. The van der Waals surface area contributed by atoms with Crippen LogP contribution in [0.15, 0.2) is 48.5 Å². The van der Waals surface area contributed by atoms with Crippen LogP contribution >= 0.6 is 11.6 Å². The van der Waals surface area contributed by atoms with Crippen molar-refractivity contribution in [3.63, 3.8) is 0 Å². The zero-order chi connectivity index (χ0) is 17.5. The summed E-state index contributed by atoms with van der Waals surface area (Å²) in [4.78, 5) is 24.0. The Morgan fingerprint density at radius 3 is 2.54 bits per heavy atom. The Morgan fingerprint density at radius 2 is 1.83 bits per heavy atom. The van der Waals surface area contributed by atoms with Gasteiger partial charge in [-0.05, 0) is 43.5 Å². The molecule has 1 N–H and O–H groups in total. The minimum atomic E-state index is -0.869. The summed E-state index contributed by atoms with van der Waals surface area (Å²) in [5.74, 6) is -0.780. The van der Waals surface area contributed by atoms with Crippen molar-refractivity contribution in [1.82, 2.24) is 0 Å². The van der Waals surface area contributed by atoms with Crippen LogP contribution in [0.4, 0.5) is 5.69 Å². The van der Waals surface area contributed by atoms with E-state index in [0.29, 0.717) is 17.1 Å². The molecule has 5 heteroatoms. The monoisotopic (exact) mass is 345 g/mol. The van der Waals surface area contributed by atoms with Crippen molar-refractivity contribution in [3.05, 3.63) is 64.7 Å². The fourth-order valence-corrected chi connectivity index (χ4v) is 2.35. The van der Waals surface area contributed by atoms with Gasteiger partial charge in [0.15, 0.2) is 6.10 Å². The lowest BCUT2D eigenvalue weighted by molar-refractivity contribution is -0.153. The predicted octanol–water partition coefficient (Wildman–Crippen LogP) is 4.15. The minimum Gasteiger partial charge on any atom is -0.453 e. The molecule has 0 spiro atoms. The molecule has 0 aliphatic heterocycles. The van der Waals surface area contributed by atoms with E-state index in [1.165, 1.54) is 0 Å². The molecule has 0 saturated heterocycles. The van der Waals surface area contributed by atoms with Crippen molar-refractivity contribution >= 4 is 29.2 Å². The highest BCUT2D eigenvalue weighted by molar-refractivity contribution is 6.31. The molecular formula is C19H20ClNO3. The fraction of sp³-hybridized carbons (Fsp3) is 0.263. The molecule has 0 radical (unpaired) electrons. The van der Waals surface area contributed by atoms with Gasteiger partial charge in [0.05, 0.1) is 0 Å². The van der Waals surface area contributed by atoms with E-state index in [2.05, 4.69) is 5.32 Å². The van der Waals surface area contributed by atoms with Gasteiger partial charge in [0.2, 0.25) is 0 Å². The van der Waals surface area contributed by atoms with E-state index < -0.39 is 12.1 Å². The number of halogens is 1. The van der Waals surface area contributed by atoms with Crippen LogP contribution in [0.1, 0.15) is 24.5 Å². The summed E-state index contributed by atoms with van der Waals surface area (Å²) in [5.41, 5.74) is 2.44. The topological polar surface area (TPSA) is 55.4 Å². The molecule has 2 aromatic rings. The molecule has 0 aliphatic carbocycles. The van der Waals surface area contributed by atoms with Crippen LogP contribution in [0.3, 0.4) is 0 Å². The zero-order valence-corrected chi connectivity index (χ0v) is 14.5. The lowest BCUT2D eigenvalue weighted by atomic mass is 10.1.